The van der Waals surface area contributed by atoms with Gasteiger partial charge in [-0.15, -0.1) is 12.3 Å². The van der Waals surface area contributed by atoms with Crippen LogP contribution >= 0.6 is 0 Å². The molecule has 0 unspecified atom stereocenters. The summed E-state index contributed by atoms with van der Waals surface area (Å²) < 4.78 is 0. The average Bonchev–Trinajstić information content (AvgIpc) is 2.34. The maximum Gasteiger partial charge on any atom is 0.269 e. The number of nitro benzene ring substituents is 1. The standard InChI is InChI=1S/C13H16N2O2/c1-2-3-4-5-10-14-11-12-6-8-13(9-7-12)15(16)17/h1,6-9,14H,3-5,10-11H2. The highest BCUT2D eigenvalue weighted by Crippen LogP contribution is 2.11. The molecule has 0 bridgehead atoms. The van der Waals surface area contributed by atoms with Gasteiger partial charge in [-0.05, 0) is 24.9 Å². The molecule has 4 heteroatoms. The lowest BCUT2D eigenvalue weighted by Crippen LogP contribution is -2.14. The van der Waals surface area contributed by atoms with Crippen LogP contribution in [0.25, 0.3) is 0 Å². The highest BCUT2D eigenvalue weighted by atomic mass is 16.6. The molecule has 0 aliphatic rings. The molecule has 0 fully saturated rings. The lowest BCUT2D eigenvalue weighted by molar-refractivity contribution is -0.384. The van der Waals surface area contributed by atoms with Crippen molar-refractivity contribution in [1.82, 2.24) is 5.32 Å². The zero-order valence-electron chi connectivity index (χ0n) is 9.69. The minimum Gasteiger partial charge on any atom is -0.313 e. The van der Waals surface area contributed by atoms with Crippen LogP contribution < -0.4 is 5.32 Å². The van der Waals surface area contributed by atoms with E-state index in [-0.39, 0.29) is 5.69 Å². The van der Waals surface area contributed by atoms with E-state index in [0.29, 0.717) is 0 Å². The Kier molecular flexibility index (Phi) is 5.76. The smallest absolute Gasteiger partial charge is 0.269 e. The highest BCUT2D eigenvalue weighted by Gasteiger charge is 2.03. The number of non-ortho nitro benzene ring substituents is 1. The third-order valence-corrected chi connectivity index (χ3v) is 2.40. The van der Waals surface area contributed by atoms with Gasteiger partial charge in [0.1, 0.15) is 0 Å². The summed E-state index contributed by atoms with van der Waals surface area (Å²) in [5.74, 6) is 2.60. The quantitative estimate of drug-likeness (QED) is 0.340. The van der Waals surface area contributed by atoms with E-state index in [9.17, 15) is 10.1 Å². The molecule has 0 aromatic heterocycles. The van der Waals surface area contributed by atoms with Gasteiger partial charge >= 0.3 is 0 Å². The van der Waals surface area contributed by atoms with Gasteiger partial charge in [0.2, 0.25) is 0 Å². The third kappa shape index (κ3) is 5.14. The molecule has 0 heterocycles. The summed E-state index contributed by atoms with van der Waals surface area (Å²) in [6.45, 7) is 1.65. The molecule has 0 radical (unpaired) electrons. The number of nitrogens with zero attached hydrogens (tertiary/aromatic N) is 1. The first kappa shape index (κ1) is 13.2. The number of nitro groups is 1. The summed E-state index contributed by atoms with van der Waals surface area (Å²) in [5.41, 5.74) is 1.18. The second-order valence-electron chi connectivity index (χ2n) is 3.76. The Morgan fingerprint density at radius 1 is 1.29 bits per heavy atom. The Hall–Kier alpha value is -1.86. The van der Waals surface area contributed by atoms with Gasteiger partial charge < -0.3 is 5.32 Å². The van der Waals surface area contributed by atoms with E-state index in [0.717, 1.165) is 37.9 Å². The van der Waals surface area contributed by atoms with E-state index in [1.165, 1.54) is 12.1 Å². The SMILES string of the molecule is C#CCCCCNCc1ccc([N+](=O)[O-])cc1. The normalized spacial score (nSPS) is 9.82. The topological polar surface area (TPSA) is 55.2 Å². The molecule has 0 amide bonds. The monoisotopic (exact) mass is 232 g/mol. The van der Waals surface area contributed by atoms with Crippen molar-refractivity contribution in [2.45, 2.75) is 25.8 Å². The lowest BCUT2D eigenvalue weighted by Gasteiger charge is -2.03. The van der Waals surface area contributed by atoms with Gasteiger partial charge in [-0.2, -0.15) is 0 Å². The summed E-state index contributed by atoms with van der Waals surface area (Å²) in [7, 11) is 0. The van der Waals surface area contributed by atoms with E-state index in [2.05, 4.69) is 11.2 Å². The van der Waals surface area contributed by atoms with Crippen molar-refractivity contribution in [2.75, 3.05) is 6.54 Å². The molecule has 4 nitrogen and oxygen atoms in total. The predicted octanol–water partition coefficient (Wildman–Crippen LogP) is 2.49. The molecule has 0 saturated heterocycles. The molecule has 0 aliphatic carbocycles. The Labute approximate surface area is 101 Å². The van der Waals surface area contributed by atoms with Crippen molar-refractivity contribution < 1.29 is 4.92 Å². The molecule has 0 aliphatic heterocycles. The Morgan fingerprint density at radius 2 is 2.00 bits per heavy atom. The number of hydrogen-bond acceptors (Lipinski definition) is 3. The van der Waals surface area contributed by atoms with Gasteiger partial charge in [0.15, 0.2) is 0 Å². The fraction of sp³-hybridized carbons (Fsp3) is 0.385. The van der Waals surface area contributed by atoms with Crippen molar-refractivity contribution in [2.24, 2.45) is 0 Å². The van der Waals surface area contributed by atoms with Gasteiger partial charge in [0.05, 0.1) is 4.92 Å². The van der Waals surface area contributed by atoms with Crippen LogP contribution in [-0.2, 0) is 6.54 Å². The maximum absolute atomic E-state index is 10.4. The summed E-state index contributed by atoms with van der Waals surface area (Å²) in [5, 5.41) is 13.7. The Morgan fingerprint density at radius 3 is 2.59 bits per heavy atom. The Bertz CT molecular complexity index is 393. The van der Waals surface area contributed by atoms with E-state index < -0.39 is 4.92 Å². The minimum atomic E-state index is -0.392. The van der Waals surface area contributed by atoms with Gasteiger partial charge in [-0.25, -0.2) is 0 Å². The minimum absolute atomic E-state index is 0.128. The molecule has 90 valence electrons. The summed E-state index contributed by atoms with van der Waals surface area (Å²) in [6, 6.07) is 6.59. The first-order valence-corrected chi connectivity index (χ1v) is 5.61. The summed E-state index contributed by atoms with van der Waals surface area (Å²) in [6.07, 6.45) is 8.05. The number of rotatable bonds is 7. The van der Waals surface area contributed by atoms with E-state index in [1.807, 2.05) is 0 Å². The highest BCUT2D eigenvalue weighted by molar-refractivity contribution is 5.32. The van der Waals surface area contributed by atoms with Gasteiger partial charge in [0, 0.05) is 25.1 Å². The molecule has 1 aromatic rings. The number of unbranched alkanes of at least 4 members (excludes halogenated alkanes) is 2. The molecule has 1 rings (SSSR count). The average molecular weight is 232 g/mol. The first-order valence-electron chi connectivity index (χ1n) is 5.61. The fourth-order valence-electron chi connectivity index (χ4n) is 1.45. The van der Waals surface area contributed by atoms with Gasteiger partial charge in [-0.1, -0.05) is 12.1 Å². The number of nitrogens with one attached hydrogen (secondary N) is 1. The molecule has 17 heavy (non-hydrogen) atoms. The molecule has 0 atom stereocenters. The zero-order chi connectivity index (χ0) is 12.5. The molecule has 1 N–H and O–H groups in total. The van der Waals surface area contributed by atoms with Crippen LogP contribution in [0.15, 0.2) is 24.3 Å². The molecule has 0 spiro atoms. The van der Waals surface area contributed by atoms with Gasteiger partial charge in [-0.3, -0.25) is 10.1 Å². The third-order valence-electron chi connectivity index (χ3n) is 2.40. The number of hydrogen-bond donors (Lipinski definition) is 1. The lowest BCUT2D eigenvalue weighted by atomic mass is 10.2. The van der Waals surface area contributed by atoms with Crippen molar-refractivity contribution in [3.63, 3.8) is 0 Å². The first-order chi connectivity index (χ1) is 8.24. The molecule has 1 aromatic carbocycles. The maximum atomic E-state index is 10.4. The zero-order valence-corrected chi connectivity index (χ0v) is 9.69. The second-order valence-corrected chi connectivity index (χ2v) is 3.76. The Balaban J connectivity index is 2.23. The van der Waals surface area contributed by atoms with Gasteiger partial charge in [0.25, 0.3) is 5.69 Å². The van der Waals surface area contributed by atoms with E-state index in [1.54, 1.807) is 12.1 Å². The summed E-state index contributed by atoms with van der Waals surface area (Å²) >= 11 is 0. The number of benzene rings is 1. The van der Waals surface area contributed by atoms with E-state index in [4.69, 9.17) is 6.42 Å². The summed E-state index contributed by atoms with van der Waals surface area (Å²) in [4.78, 5) is 10.1. The largest absolute Gasteiger partial charge is 0.313 e. The fourth-order valence-corrected chi connectivity index (χ4v) is 1.45. The predicted molar refractivity (Wildman–Crippen MR) is 67.5 cm³/mol. The van der Waals surface area contributed by atoms with Crippen LogP contribution in [0.5, 0.6) is 0 Å². The van der Waals surface area contributed by atoms with Crippen molar-refractivity contribution in [3.05, 3.63) is 39.9 Å². The van der Waals surface area contributed by atoms with Crippen LogP contribution in [-0.4, -0.2) is 11.5 Å². The molecular formula is C13H16N2O2. The van der Waals surface area contributed by atoms with Crippen molar-refractivity contribution in [1.29, 1.82) is 0 Å². The molecular weight excluding hydrogens is 216 g/mol. The van der Waals surface area contributed by atoms with Crippen LogP contribution in [0.2, 0.25) is 0 Å². The van der Waals surface area contributed by atoms with Crippen LogP contribution in [0.1, 0.15) is 24.8 Å². The van der Waals surface area contributed by atoms with Crippen LogP contribution in [0.4, 0.5) is 5.69 Å². The van der Waals surface area contributed by atoms with Crippen LogP contribution in [0, 0.1) is 22.5 Å². The van der Waals surface area contributed by atoms with E-state index >= 15 is 0 Å². The number of terminal acetylenes is 1. The van der Waals surface area contributed by atoms with Crippen molar-refractivity contribution in [3.8, 4) is 12.3 Å². The van der Waals surface area contributed by atoms with Crippen molar-refractivity contribution >= 4 is 5.69 Å². The molecule has 0 saturated carbocycles. The van der Waals surface area contributed by atoms with Crippen LogP contribution in [0.3, 0.4) is 0 Å². The second kappa shape index (κ2) is 7.42.